The molecule has 0 aromatic heterocycles. The number of halogens is 1. The number of hydrogen-bond donors (Lipinski definition) is 2. The highest BCUT2D eigenvalue weighted by Crippen LogP contribution is 2.33. The second-order valence-corrected chi connectivity index (χ2v) is 9.38. The normalized spacial score (nSPS) is 12.1. The van der Waals surface area contributed by atoms with Crippen LogP contribution in [-0.4, -0.2) is 37.9 Å². The molecule has 4 aromatic rings. The van der Waals surface area contributed by atoms with Gasteiger partial charge in [0.2, 0.25) is 6.79 Å². The van der Waals surface area contributed by atoms with Crippen LogP contribution in [-0.2, 0) is 4.79 Å². The molecule has 4 aromatic carbocycles. The van der Waals surface area contributed by atoms with Crippen molar-refractivity contribution < 1.29 is 33.3 Å². The first-order valence-corrected chi connectivity index (χ1v) is 13.2. The Balaban J connectivity index is 1.31. The molecule has 1 aliphatic heterocycles. The Hall–Kier alpha value is -5.61. The van der Waals surface area contributed by atoms with Crippen LogP contribution in [0, 0.1) is 0 Å². The van der Waals surface area contributed by atoms with Gasteiger partial charge in [-0.25, -0.2) is 10.2 Å². The topological polar surface area (TPSA) is 125 Å². The predicted octanol–water partition coefficient (Wildman–Crippen LogP) is 5.22. The molecule has 0 radical (unpaired) electrons. The van der Waals surface area contributed by atoms with E-state index in [1.54, 1.807) is 84.9 Å². The Labute approximate surface area is 251 Å². The lowest BCUT2D eigenvalue weighted by molar-refractivity contribution is -0.117. The van der Waals surface area contributed by atoms with Crippen molar-refractivity contribution in [2.75, 3.05) is 13.9 Å². The summed E-state index contributed by atoms with van der Waals surface area (Å²) in [4.78, 5) is 38.6. The van der Waals surface area contributed by atoms with Crippen molar-refractivity contribution in [1.29, 1.82) is 0 Å². The van der Waals surface area contributed by atoms with Crippen molar-refractivity contribution in [2.45, 2.75) is 0 Å². The molecule has 0 atom stereocenters. The maximum Gasteiger partial charge on any atom is 0.345 e. The minimum absolute atomic E-state index is 0.0516. The fourth-order valence-electron chi connectivity index (χ4n) is 3.97. The summed E-state index contributed by atoms with van der Waals surface area (Å²) in [6.07, 6.45) is 2.87. The molecule has 0 spiro atoms. The van der Waals surface area contributed by atoms with Crippen molar-refractivity contribution in [2.24, 2.45) is 5.10 Å². The number of amides is 2. The molecule has 216 valence electrons. The lowest BCUT2D eigenvalue weighted by Crippen LogP contribution is -2.32. The van der Waals surface area contributed by atoms with Crippen LogP contribution in [0.15, 0.2) is 102 Å². The average molecular weight is 598 g/mol. The van der Waals surface area contributed by atoms with Crippen molar-refractivity contribution in [1.82, 2.24) is 10.7 Å². The third-order valence-electron chi connectivity index (χ3n) is 6.10. The summed E-state index contributed by atoms with van der Waals surface area (Å²) in [6.45, 7) is 0.102. The Morgan fingerprint density at radius 1 is 0.860 bits per heavy atom. The third kappa shape index (κ3) is 7.19. The van der Waals surface area contributed by atoms with Gasteiger partial charge in [0.05, 0.1) is 23.9 Å². The molecule has 0 aliphatic carbocycles. The highest BCUT2D eigenvalue weighted by molar-refractivity contribution is 6.33. The quantitative estimate of drug-likeness (QED) is 0.0891. The van der Waals surface area contributed by atoms with Gasteiger partial charge in [0, 0.05) is 5.56 Å². The second-order valence-electron chi connectivity index (χ2n) is 8.97. The van der Waals surface area contributed by atoms with Crippen LogP contribution in [0.3, 0.4) is 0 Å². The Bertz CT molecular complexity index is 1740. The van der Waals surface area contributed by atoms with Crippen LogP contribution in [0.5, 0.6) is 23.0 Å². The number of fused-ring (bicyclic) bond motifs is 1. The molecule has 0 bridgehead atoms. The standard InChI is InChI=1S/C32H24ClN3O7/c1-40-28-17-21(12-14-27(28)43-32(39)23-9-5-6-10-24(23)33)18-34-36-31(38)25(35-30(37)22-7-3-2-4-8-22)15-20-11-13-26-29(16-20)42-19-41-26/h2-18H,19H2,1H3,(H,35,37)(H,36,38)/b25-15+,34-18+. The van der Waals surface area contributed by atoms with Gasteiger partial charge in [-0.15, -0.1) is 0 Å². The lowest BCUT2D eigenvalue weighted by atomic mass is 10.1. The number of hydrogen-bond acceptors (Lipinski definition) is 8. The van der Waals surface area contributed by atoms with Gasteiger partial charge >= 0.3 is 5.97 Å². The molecule has 0 saturated heterocycles. The van der Waals surface area contributed by atoms with Crippen LogP contribution in [0.2, 0.25) is 5.02 Å². The van der Waals surface area contributed by atoms with Crippen LogP contribution in [0.1, 0.15) is 31.8 Å². The van der Waals surface area contributed by atoms with E-state index in [0.29, 0.717) is 28.2 Å². The SMILES string of the molecule is COc1cc(/C=N/NC(=O)/C(=C\c2ccc3c(c2)OCO3)NC(=O)c2ccccc2)ccc1OC(=O)c1ccccc1Cl. The number of rotatable bonds is 9. The molecule has 43 heavy (non-hydrogen) atoms. The van der Waals surface area contributed by atoms with E-state index in [-0.39, 0.29) is 34.6 Å². The molecule has 5 rings (SSSR count). The Kier molecular flexibility index (Phi) is 8.99. The number of carbonyl (C=O) groups is 3. The fraction of sp³-hybridized carbons (Fsp3) is 0.0625. The molecular weight excluding hydrogens is 574 g/mol. The lowest BCUT2D eigenvalue weighted by Gasteiger charge is -2.11. The van der Waals surface area contributed by atoms with Gasteiger partial charge in [0.1, 0.15) is 5.70 Å². The van der Waals surface area contributed by atoms with Crippen LogP contribution >= 0.6 is 11.6 Å². The molecule has 2 amide bonds. The number of ether oxygens (including phenoxy) is 4. The number of nitrogens with one attached hydrogen (secondary N) is 2. The summed E-state index contributed by atoms with van der Waals surface area (Å²) < 4.78 is 21.6. The van der Waals surface area contributed by atoms with Crippen molar-refractivity contribution in [3.8, 4) is 23.0 Å². The Morgan fingerprint density at radius 2 is 1.60 bits per heavy atom. The molecule has 0 fully saturated rings. The van der Waals surface area contributed by atoms with Crippen molar-refractivity contribution >= 4 is 41.7 Å². The zero-order chi connectivity index (χ0) is 30.2. The molecular formula is C32H24ClN3O7. The van der Waals surface area contributed by atoms with Gasteiger partial charge < -0.3 is 24.3 Å². The largest absolute Gasteiger partial charge is 0.493 e. The monoisotopic (exact) mass is 597 g/mol. The summed E-state index contributed by atoms with van der Waals surface area (Å²) in [5.41, 5.74) is 4.08. The van der Waals surface area contributed by atoms with Gasteiger partial charge in [-0.2, -0.15) is 5.10 Å². The highest BCUT2D eigenvalue weighted by atomic mass is 35.5. The first-order chi connectivity index (χ1) is 20.9. The molecule has 10 nitrogen and oxygen atoms in total. The van der Waals surface area contributed by atoms with Gasteiger partial charge in [-0.1, -0.05) is 48.0 Å². The summed E-state index contributed by atoms with van der Waals surface area (Å²) in [7, 11) is 1.42. The number of esters is 1. The van der Waals surface area contributed by atoms with E-state index in [2.05, 4.69) is 15.8 Å². The van der Waals surface area contributed by atoms with E-state index < -0.39 is 17.8 Å². The van der Waals surface area contributed by atoms with Crippen molar-refractivity contribution in [3.05, 3.63) is 124 Å². The number of nitrogens with zero attached hydrogens (tertiary/aromatic N) is 1. The molecule has 11 heteroatoms. The summed E-state index contributed by atoms with van der Waals surface area (Å²) in [5, 5.41) is 6.93. The first kappa shape index (κ1) is 28.9. The molecule has 1 heterocycles. The van der Waals surface area contributed by atoms with Crippen molar-refractivity contribution in [3.63, 3.8) is 0 Å². The minimum atomic E-state index is -0.671. The Morgan fingerprint density at radius 3 is 2.40 bits per heavy atom. The predicted molar refractivity (Wildman–Crippen MR) is 160 cm³/mol. The average Bonchev–Trinajstić information content (AvgIpc) is 3.50. The fourth-order valence-corrected chi connectivity index (χ4v) is 4.18. The summed E-state index contributed by atoms with van der Waals surface area (Å²) in [5.74, 6) is -0.247. The smallest absolute Gasteiger partial charge is 0.345 e. The van der Waals surface area contributed by atoms with Gasteiger partial charge in [-0.3, -0.25) is 9.59 Å². The van der Waals surface area contributed by atoms with Crippen LogP contribution < -0.4 is 29.7 Å². The van der Waals surface area contributed by atoms with E-state index in [1.807, 2.05) is 0 Å². The first-order valence-electron chi connectivity index (χ1n) is 12.9. The minimum Gasteiger partial charge on any atom is -0.493 e. The van der Waals surface area contributed by atoms with E-state index in [4.69, 9.17) is 30.5 Å². The molecule has 1 aliphatic rings. The maximum atomic E-state index is 13.1. The van der Waals surface area contributed by atoms with Crippen LogP contribution in [0.25, 0.3) is 6.08 Å². The summed E-state index contributed by atoms with van der Waals surface area (Å²) >= 11 is 6.09. The van der Waals surface area contributed by atoms with Gasteiger partial charge in [0.25, 0.3) is 11.8 Å². The van der Waals surface area contributed by atoms with Crippen LogP contribution in [0.4, 0.5) is 0 Å². The van der Waals surface area contributed by atoms with E-state index in [9.17, 15) is 14.4 Å². The van der Waals surface area contributed by atoms with Gasteiger partial charge in [-0.05, 0) is 71.8 Å². The molecule has 2 N–H and O–H groups in total. The maximum absolute atomic E-state index is 13.1. The highest BCUT2D eigenvalue weighted by Gasteiger charge is 2.18. The third-order valence-corrected chi connectivity index (χ3v) is 6.43. The zero-order valence-electron chi connectivity index (χ0n) is 22.7. The summed E-state index contributed by atoms with van der Waals surface area (Å²) in [6, 6.07) is 24.9. The van der Waals surface area contributed by atoms with E-state index >= 15 is 0 Å². The molecule has 0 unspecified atom stereocenters. The van der Waals surface area contributed by atoms with E-state index in [1.165, 1.54) is 25.5 Å². The van der Waals surface area contributed by atoms with E-state index in [0.717, 1.165) is 0 Å². The number of carbonyl (C=O) groups excluding carboxylic acids is 3. The number of benzene rings is 4. The number of hydrazone groups is 1. The zero-order valence-corrected chi connectivity index (χ0v) is 23.5. The second kappa shape index (κ2) is 13.4. The number of methoxy groups -OCH3 is 1. The van der Waals surface area contributed by atoms with Gasteiger partial charge in [0.15, 0.2) is 23.0 Å². The molecule has 0 saturated carbocycles.